The number of carboxylic acid groups (broad SMARTS) is 1. The lowest BCUT2D eigenvalue weighted by Crippen LogP contribution is -2.07. The molecule has 1 fully saturated rings. The average Bonchev–Trinajstić information content (AvgIpc) is 3.17. The van der Waals surface area contributed by atoms with Crippen LogP contribution < -0.4 is 5.32 Å². The third kappa shape index (κ3) is 2.23. The maximum Gasteiger partial charge on any atom is 0.335 e. The Bertz CT molecular complexity index is 642. The summed E-state index contributed by atoms with van der Waals surface area (Å²) in [6, 6.07) is 5.42. The lowest BCUT2D eigenvalue weighted by molar-refractivity contribution is 0.0697. The van der Waals surface area contributed by atoms with Gasteiger partial charge in [0.05, 0.1) is 11.1 Å². The van der Waals surface area contributed by atoms with Crippen LogP contribution in [0.5, 0.6) is 0 Å². The number of carboxylic acids is 1. The molecule has 2 unspecified atom stereocenters. The molecule has 1 saturated carbocycles. The minimum Gasteiger partial charge on any atom is -0.478 e. The number of carbonyl (C=O) groups is 1. The molecule has 0 amide bonds. The number of hydrogen-bond donors (Lipinski definition) is 2. The van der Waals surface area contributed by atoms with E-state index >= 15 is 0 Å². The van der Waals surface area contributed by atoms with Crippen molar-refractivity contribution in [3.8, 4) is 0 Å². The molecule has 0 aliphatic heterocycles. The van der Waals surface area contributed by atoms with Crippen LogP contribution in [-0.2, 0) is 0 Å². The lowest BCUT2D eigenvalue weighted by atomic mass is 10.1. The average molecular weight is 257 g/mol. The van der Waals surface area contributed by atoms with Crippen LogP contribution in [0.1, 0.15) is 30.1 Å². The number of aromatic nitrogens is 2. The van der Waals surface area contributed by atoms with Crippen molar-refractivity contribution in [1.29, 1.82) is 0 Å². The number of nitrogens with zero attached hydrogens (tertiary/aromatic N) is 2. The predicted octanol–water partition coefficient (Wildman–Crippen LogP) is 2.54. The molecule has 1 aromatic carbocycles. The summed E-state index contributed by atoms with van der Waals surface area (Å²) in [6.45, 7) is 2.18. The van der Waals surface area contributed by atoms with Gasteiger partial charge in [-0.1, -0.05) is 13.3 Å². The van der Waals surface area contributed by atoms with Crippen molar-refractivity contribution in [3.05, 3.63) is 30.1 Å². The zero-order valence-electron chi connectivity index (χ0n) is 10.6. The third-order valence-electron chi connectivity index (χ3n) is 3.65. The molecule has 2 atom stereocenters. The quantitative estimate of drug-likeness (QED) is 0.880. The zero-order chi connectivity index (χ0) is 13.4. The van der Waals surface area contributed by atoms with Gasteiger partial charge < -0.3 is 10.4 Å². The Morgan fingerprint density at radius 3 is 3.00 bits per heavy atom. The highest BCUT2D eigenvalue weighted by molar-refractivity contribution is 5.96. The van der Waals surface area contributed by atoms with E-state index in [4.69, 9.17) is 5.11 Å². The van der Waals surface area contributed by atoms with Crippen molar-refractivity contribution >= 4 is 22.7 Å². The van der Waals surface area contributed by atoms with E-state index in [-0.39, 0.29) is 5.56 Å². The van der Waals surface area contributed by atoms with Gasteiger partial charge in [-0.05, 0) is 30.5 Å². The highest BCUT2D eigenvalue weighted by Gasteiger charge is 2.35. The zero-order valence-corrected chi connectivity index (χ0v) is 10.6. The van der Waals surface area contributed by atoms with E-state index in [0.29, 0.717) is 11.6 Å². The topological polar surface area (TPSA) is 75.1 Å². The van der Waals surface area contributed by atoms with Gasteiger partial charge in [-0.15, -0.1) is 0 Å². The summed E-state index contributed by atoms with van der Waals surface area (Å²) in [6.07, 6.45) is 3.82. The summed E-state index contributed by atoms with van der Waals surface area (Å²) in [4.78, 5) is 19.3. The Morgan fingerprint density at radius 1 is 1.47 bits per heavy atom. The standard InChI is InChI=1S/C14H15N3O2/c1-2-8-5-11(8)17-13-10-4-3-9(14(18)19)6-12(10)15-7-16-13/h3-4,6-8,11H,2,5H2,1H3,(H,18,19)(H,15,16,17). The molecule has 1 aliphatic rings. The van der Waals surface area contributed by atoms with Crippen LogP contribution in [0.25, 0.3) is 10.9 Å². The van der Waals surface area contributed by atoms with Gasteiger partial charge in [0.2, 0.25) is 0 Å². The maximum absolute atomic E-state index is 10.9. The first-order valence-corrected chi connectivity index (χ1v) is 6.43. The highest BCUT2D eigenvalue weighted by Crippen LogP contribution is 2.36. The van der Waals surface area contributed by atoms with Gasteiger partial charge >= 0.3 is 5.97 Å². The normalized spacial score (nSPS) is 21.3. The van der Waals surface area contributed by atoms with Crippen molar-refractivity contribution in [3.63, 3.8) is 0 Å². The first-order valence-electron chi connectivity index (χ1n) is 6.43. The fourth-order valence-corrected chi connectivity index (χ4v) is 2.36. The van der Waals surface area contributed by atoms with Crippen molar-refractivity contribution in [2.45, 2.75) is 25.8 Å². The van der Waals surface area contributed by atoms with Crippen LogP contribution in [0, 0.1) is 5.92 Å². The predicted molar refractivity (Wildman–Crippen MR) is 72.3 cm³/mol. The minimum absolute atomic E-state index is 0.245. The Labute approximate surface area is 110 Å². The number of nitrogens with one attached hydrogen (secondary N) is 1. The van der Waals surface area contributed by atoms with E-state index in [1.165, 1.54) is 19.2 Å². The number of anilines is 1. The second kappa shape index (κ2) is 4.50. The largest absolute Gasteiger partial charge is 0.478 e. The van der Waals surface area contributed by atoms with Crippen molar-refractivity contribution in [2.75, 3.05) is 5.32 Å². The summed E-state index contributed by atoms with van der Waals surface area (Å²) in [7, 11) is 0. The summed E-state index contributed by atoms with van der Waals surface area (Å²) >= 11 is 0. The molecule has 2 N–H and O–H groups in total. The first kappa shape index (κ1) is 11.9. The molecular formula is C14H15N3O2. The maximum atomic E-state index is 10.9. The van der Waals surface area contributed by atoms with E-state index < -0.39 is 5.97 Å². The van der Waals surface area contributed by atoms with Crippen LogP contribution in [0.15, 0.2) is 24.5 Å². The summed E-state index contributed by atoms with van der Waals surface area (Å²) in [5.41, 5.74) is 0.904. The molecule has 19 heavy (non-hydrogen) atoms. The Hall–Kier alpha value is -2.17. The highest BCUT2D eigenvalue weighted by atomic mass is 16.4. The van der Waals surface area contributed by atoms with Gasteiger partial charge in [0, 0.05) is 11.4 Å². The number of benzene rings is 1. The second-order valence-electron chi connectivity index (χ2n) is 4.91. The second-order valence-corrected chi connectivity index (χ2v) is 4.91. The van der Waals surface area contributed by atoms with E-state index in [2.05, 4.69) is 22.2 Å². The molecule has 5 heteroatoms. The van der Waals surface area contributed by atoms with Gasteiger partial charge in [0.15, 0.2) is 0 Å². The molecule has 5 nitrogen and oxygen atoms in total. The van der Waals surface area contributed by atoms with E-state index in [1.807, 2.05) is 0 Å². The molecule has 0 radical (unpaired) electrons. The Kier molecular flexibility index (Phi) is 2.81. The van der Waals surface area contributed by atoms with Crippen LogP contribution in [0.4, 0.5) is 5.82 Å². The van der Waals surface area contributed by atoms with E-state index in [1.54, 1.807) is 18.2 Å². The van der Waals surface area contributed by atoms with E-state index in [9.17, 15) is 4.79 Å². The molecule has 3 rings (SSSR count). The van der Waals surface area contributed by atoms with Gasteiger partial charge in [-0.3, -0.25) is 0 Å². The number of rotatable bonds is 4. The molecule has 98 valence electrons. The van der Waals surface area contributed by atoms with Crippen LogP contribution in [0.2, 0.25) is 0 Å². The van der Waals surface area contributed by atoms with Crippen molar-refractivity contribution in [2.24, 2.45) is 5.92 Å². The number of fused-ring (bicyclic) bond motifs is 1. The van der Waals surface area contributed by atoms with Crippen LogP contribution in [0.3, 0.4) is 0 Å². The van der Waals surface area contributed by atoms with Crippen molar-refractivity contribution < 1.29 is 9.90 Å². The smallest absolute Gasteiger partial charge is 0.335 e. The van der Waals surface area contributed by atoms with Gasteiger partial charge in [-0.25, -0.2) is 14.8 Å². The fraction of sp³-hybridized carbons (Fsp3) is 0.357. The molecule has 1 aliphatic carbocycles. The van der Waals surface area contributed by atoms with E-state index in [0.717, 1.165) is 17.1 Å². The summed E-state index contributed by atoms with van der Waals surface area (Å²) in [5, 5.41) is 13.3. The van der Waals surface area contributed by atoms with Gasteiger partial charge in [0.25, 0.3) is 0 Å². The molecule has 0 bridgehead atoms. The monoisotopic (exact) mass is 257 g/mol. The Balaban J connectivity index is 1.95. The van der Waals surface area contributed by atoms with Crippen molar-refractivity contribution in [1.82, 2.24) is 9.97 Å². The number of hydrogen-bond acceptors (Lipinski definition) is 4. The number of aromatic carboxylic acids is 1. The first-order chi connectivity index (χ1) is 9.19. The molecule has 1 heterocycles. The Morgan fingerprint density at radius 2 is 2.32 bits per heavy atom. The van der Waals surface area contributed by atoms with Gasteiger partial charge in [-0.2, -0.15) is 0 Å². The molecule has 2 aromatic rings. The lowest BCUT2D eigenvalue weighted by Gasteiger charge is -2.08. The summed E-state index contributed by atoms with van der Waals surface area (Å²) in [5.74, 6) is 0.578. The molecular weight excluding hydrogens is 242 g/mol. The van der Waals surface area contributed by atoms with Gasteiger partial charge in [0.1, 0.15) is 12.1 Å². The third-order valence-corrected chi connectivity index (χ3v) is 3.65. The fourth-order valence-electron chi connectivity index (χ4n) is 2.36. The molecule has 1 aromatic heterocycles. The molecule has 0 spiro atoms. The summed E-state index contributed by atoms with van der Waals surface area (Å²) < 4.78 is 0. The molecule has 0 saturated heterocycles. The minimum atomic E-state index is -0.941. The van der Waals surface area contributed by atoms with Crippen LogP contribution in [-0.4, -0.2) is 27.1 Å². The van der Waals surface area contributed by atoms with Crippen LogP contribution >= 0.6 is 0 Å². The SMILES string of the molecule is CCC1CC1Nc1ncnc2cc(C(=O)O)ccc12.